The molecule has 6 nitrogen and oxygen atoms in total. The highest BCUT2D eigenvalue weighted by atomic mass is 16.5. The van der Waals surface area contributed by atoms with E-state index in [-0.39, 0.29) is 11.8 Å². The highest BCUT2D eigenvalue weighted by Crippen LogP contribution is 2.44. The van der Waals surface area contributed by atoms with Crippen LogP contribution >= 0.6 is 0 Å². The third kappa shape index (κ3) is 1.63. The molecule has 0 saturated carbocycles. The van der Waals surface area contributed by atoms with Crippen LogP contribution in [-0.2, 0) is 7.05 Å². The quantitative estimate of drug-likeness (QED) is 0.718. The topological polar surface area (TPSA) is 92.6 Å². The lowest BCUT2D eigenvalue weighted by Gasteiger charge is -2.25. The van der Waals surface area contributed by atoms with Crippen LogP contribution in [0.1, 0.15) is 17.0 Å². The van der Waals surface area contributed by atoms with Gasteiger partial charge >= 0.3 is 0 Å². The highest BCUT2D eigenvalue weighted by molar-refractivity contribution is 5.88. The van der Waals surface area contributed by atoms with Gasteiger partial charge in [-0.1, -0.05) is 6.07 Å². The van der Waals surface area contributed by atoms with Gasteiger partial charge in [0, 0.05) is 41.5 Å². The number of benzene rings is 1. The average Bonchev–Trinajstić information content (AvgIpc) is 3.14. The minimum Gasteiger partial charge on any atom is -0.439 e. The number of H-pyrrole nitrogens is 1. The molecule has 0 aliphatic carbocycles. The molecule has 3 heterocycles. The maximum Gasteiger partial charge on any atom is 0.205 e. The van der Waals surface area contributed by atoms with E-state index in [0.717, 1.165) is 22.0 Å². The number of nitrogens with two attached hydrogens (primary N) is 1. The number of nitriles is 1. The summed E-state index contributed by atoms with van der Waals surface area (Å²) in [6.45, 7) is 0. The van der Waals surface area contributed by atoms with Gasteiger partial charge in [0.25, 0.3) is 0 Å². The van der Waals surface area contributed by atoms with Gasteiger partial charge in [-0.05, 0) is 12.1 Å². The molecule has 0 spiro atoms. The zero-order valence-electron chi connectivity index (χ0n) is 11.9. The number of fused-ring (bicyclic) bond motifs is 3. The average molecular weight is 291 g/mol. The Kier molecular flexibility index (Phi) is 2.51. The van der Waals surface area contributed by atoms with Gasteiger partial charge in [0.05, 0.1) is 12.1 Å². The van der Waals surface area contributed by atoms with Gasteiger partial charge in [0.2, 0.25) is 5.88 Å². The van der Waals surface area contributed by atoms with Gasteiger partial charge in [0.15, 0.2) is 0 Å². The first-order valence-electron chi connectivity index (χ1n) is 6.85. The molecule has 1 atom stereocenters. The number of aryl methyl sites for hydroxylation is 1. The fraction of sp³-hybridized carbons (Fsp3) is 0.125. The summed E-state index contributed by atoms with van der Waals surface area (Å²) < 4.78 is 7.47. The molecule has 108 valence electrons. The lowest BCUT2D eigenvalue weighted by Crippen LogP contribution is -2.21. The Morgan fingerprint density at radius 1 is 1.41 bits per heavy atom. The summed E-state index contributed by atoms with van der Waals surface area (Å²) in [6, 6.07) is 8.07. The fourth-order valence-electron chi connectivity index (χ4n) is 2.98. The summed E-state index contributed by atoms with van der Waals surface area (Å²) >= 11 is 0. The maximum absolute atomic E-state index is 9.50. The van der Waals surface area contributed by atoms with Crippen LogP contribution in [0, 0.1) is 11.3 Å². The molecule has 0 amide bonds. The third-order valence-corrected chi connectivity index (χ3v) is 3.97. The second-order valence-electron chi connectivity index (χ2n) is 5.29. The summed E-state index contributed by atoms with van der Waals surface area (Å²) in [5.41, 5.74) is 9.22. The number of rotatable bonds is 1. The van der Waals surface area contributed by atoms with Gasteiger partial charge in [-0.2, -0.15) is 10.4 Å². The van der Waals surface area contributed by atoms with Crippen LogP contribution in [0.2, 0.25) is 0 Å². The van der Waals surface area contributed by atoms with Crippen LogP contribution in [0.5, 0.6) is 5.75 Å². The van der Waals surface area contributed by atoms with Gasteiger partial charge in [-0.15, -0.1) is 0 Å². The van der Waals surface area contributed by atoms with E-state index in [1.807, 2.05) is 37.6 Å². The Labute approximate surface area is 126 Å². The molecule has 1 unspecified atom stereocenters. The van der Waals surface area contributed by atoms with E-state index >= 15 is 0 Å². The van der Waals surface area contributed by atoms with E-state index in [1.165, 1.54) is 0 Å². The minimum absolute atomic E-state index is 0.151. The van der Waals surface area contributed by atoms with Gasteiger partial charge in [0.1, 0.15) is 17.4 Å². The van der Waals surface area contributed by atoms with Crippen molar-refractivity contribution in [1.82, 2.24) is 14.8 Å². The predicted molar refractivity (Wildman–Crippen MR) is 80.8 cm³/mol. The summed E-state index contributed by atoms with van der Waals surface area (Å²) in [7, 11) is 1.85. The van der Waals surface area contributed by atoms with Crippen molar-refractivity contribution in [3.8, 4) is 11.8 Å². The molecule has 0 fully saturated rings. The summed E-state index contributed by atoms with van der Waals surface area (Å²) in [5, 5.41) is 14.7. The molecule has 22 heavy (non-hydrogen) atoms. The molecule has 1 aliphatic heterocycles. The summed E-state index contributed by atoms with van der Waals surface area (Å²) in [5.74, 6) is 0.586. The van der Waals surface area contributed by atoms with Crippen LogP contribution in [0.25, 0.3) is 10.9 Å². The SMILES string of the molecule is Cn1cc(C2C(C#N)=C(N)Oc3c2ccc2[nH]ccc32)cn1. The maximum atomic E-state index is 9.50. The first-order valence-corrected chi connectivity index (χ1v) is 6.85. The van der Waals surface area contributed by atoms with Crippen molar-refractivity contribution < 1.29 is 4.74 Å². The zero-order valence-corrected chi connectivity index (χ0v) is 11.9. The Morgan fingerprint density at radius 2 is 2.27 bits per heavy atom. The Balaban J connectivity index is 2.02. The zero-order chi connectivity index (χ0) is 15.3. The molecule has 3 aromatic rings. The van der Waals surface area contributed by atoms with Crippen LogP contribution in [0.3, 0.4) is 0 Å². The van der Waals surface area contributed by atoms with Gasteiger partial charge in [-0.3, -0.25) is 4.68 Å². The molecule has 1 aliphatic rings. The van der Waals surface area contributed by atoms with E-state index in [0.29, 0.717) is 11.3 Å². The van der Waals surface area contributed by atoms with E-state index in [2.05, 4.69) is 16.2 Å². The summed E-state index contributed by atoms with van der Waals surface area (Å²) in [6.07, 6.45) is 5.50. The van der Waals surface area contributed by atoms with Crippen LogP contribution < -0.4 is 10.5 Å². The number of aromatic nitrogens is 3. The van der Waals surface area contributed by atoms with Crippen molar-refractivity contribution in [2.75, 3.05) is 0 Å². The molecule has 2 aromatic heterocycles. The Hall–Kier alpha value is -3.20. The number of hydrogen-bond acceptors (Lipinski definition) is 4. The lowest BCUT2D eigenvalue weighted by molar-refractivity contribution is 0.398. The van der Waals surface area contributed by atoms with E-state index in [9.17, 15) is 5.26 Å². The van der Waals surface area contributed by atoms with Crippen molar-refractivity contribution in [3.63, 3.8) is 0 Å². The lowest BCUT2D eigenvalue weighted by atomic mass is 9.84. The molecule has 0 bridgehead atoms. The molecular weight excluding hydrogens is 278 g/mol. The molecule has 3 N–H and O–H groups in total. The highest BCUT2D eigenvalue weighted by Gasteiger charge is 2.32. The number of ether oxygens (including phenoxy) is 1. The first-order chi connectivity index (χ1) is 10.7. The van der Waals surface area contributed by atoms with Crippen molar-refractivity contribution in [1.29, 1.82) is 5.26 Å². The Bertz CT molecular complexity index is 956. The summed E-state index contributed by atoms with van der Waals surface area (Å²) in [4.78, 5) is 3.15. The standard InChI is InChI=1S/C16H13N5O/c1-21-8-9(7-20-21)14-11-2-3-13-10(4-5-19-13)15(11)22-16(18)12(14)6-17/h2-5,7-8,14,19H,18H2,1H3. The van der Waals surface area contributed by atoms with Gasteiger partial charge < -0.3 is 15.5 Å². The second kappa shape index (κ2) is 4.40. The number of nitrogens with zero attached hydrogens (tertiary/aromatic N) is 3. The number of allylic oxidation sites excluding steroid dienone is 1. The van der Waals surface area contributed by atoms with E-state index in [4.69, 9.17) is 10.5 Å². The third-order valence-electron chi connectivity index (χ3n) is 3.97. The van der Waals surface area contributed by atoms with Crippen LogP contribution in [0.4, 0.5) is 0 Å². The monoisotopic (exact) mass is 291 g/mol. The van der Waals surface area contributed by atoms with Crippen LogP contribution in [-0.4, -0.2) is 14.8 Å². The van der Waals surface area contributed by atoms with Crippen molar-refractivity contribution in [2.24, 2.45) is 12.8 Å². The molecule has 6 heteroatoms. The van der Waals surface area contributed by atoms with Crippen molar-refractivity contribution in [2.45, 2.75) is 5.92 Å². The fourth-order valence-corrected chi connectivity index (χ4v) is 2.98. The number of nitrogens with one attached hydrogen (secondary N) is 1. The van der Waals surface area contributed by atoms with E-state index < -0.39 is 0 Å². The molecule has 4 rings (SSSR count). The number of hydrogen-bond donors (Lipinski definition) is 2. The molecule has 0 saturated heterocycles. The second-order valence-corrected chi connectivity index (χ2v) is 5.29. The smallest absolute Gasteiger partial charge is 0.205 e. The largest absolute Gasteiger partial charge is 0.439 e. The first kappa shape index (κ1) is 12.5. The number of aromatic amines is 1. The van der Waals surface area contributed by atoms with Crippen molar-refractivity contribution >= 4 is 10.9 Å². The normalized spacial score (nSPS) is 17.2. The van der Waals surface area contributed by atoms with Crippen molar-refractivity contribution in [3.05, 3.63) is 59.4 Å². The van der Waals surface area contributed by atoms with Crippen LogP contribution in [0.15, 0.2) is 48.2 Å². The van der Waals surface area contributed by atoms with Gasteiger partial charge in [-0.25, -0.2) is 0 Å². The Morgan fingerprint density at radius 3 is 3.00 bits per heavy atom. The molecule has 1 aromatic carbocycles. The predicted octanol–water partition coefficient (Wildman–Crippen LogP) is 2.12. The molecular formula is C16H13N5O. The minimum atomic E-state index is -0.262. The molecule has 0 radical (unpaired) electrons. The van der Waals surface area contributed by atoms with E-state index in [1.54, 1.807) is 10.9 Å².